The van der Waals surface area contributed by atoms with Crippen molar-refractivity contribution in [3.8, 4) is 5.75 Å². The number of morpholine rings is 1. The van der Waals surface area contributed by atoms with Gasteiger partial charge in [-0.1, -0.05) is 18.2 Å². The van der Waals surface area contributed by atoms with Gasteiger partial charge in [-0.15, -0.1) is 0 Å². The Morgan fingerprint density at radius 3 is 3.00 bits per heavy atom. The zero-order valence-electron chi connectivity index (χ0n) is 13.1. The second-order valence-electron chi connectivity index (χ2n) is 5.40. The first kappa shape index (κ1) is 16.7. The Morgan fingerprint density at radius 1 is 1.41 bits per heavy atom. The van der Waals surface area contributed by atoms with Crippen LogP contribution >= 0.6 is 0 Å². The van der Waals surface area contributed by atoms with E-state index < -0.39 is 0 Å². The van der Waals surface area contributed by atoms with Crippen molar-refractivity contribution in [2.24, 2.45) is 0 Å². The highest BCUT2D eigenvalue weighted by Crippen LogP contribution is 2.07. The quantitative estimate of drug-likeness (QED) is 0.667. The highest BCUT2D eigenvalue weighted by molar-refractivity contribution is 5.77. The molecule has 0 spiro atoms. The van der Waals surface area contributed by atoms with Crippen molar-refractivity contribution in [2.75, 3.05) is 53.0 Å². The van der Waals surface area contributed by atoms with Crippen LogP contribution in [0.15, 0.2) is 30.3 Å². The Kier molecular flexibility index (Phi) is 7.15. The van der Waals surface area contributed by atoms with Gasteiger partial charge in [0.05, 0.1) is 25.8 Å². The van der Waals surface area contributed by atoms with Gasteiger partial charge in [0.15, 0.2) is 0 Å². The number of carbonyl (C=O) groups is 1. The van der Waals surface area contributed by atoms with Gasteiger partial charge in [0.1, 0.15) is 12.4 Å². The second kappa shape index (κ2) is 9.40. The molecule has 1 aromatic carbocycles. The van der Waals surface area contributed by atoms with E-state index in [4.69, 9.17) is 9.47 Å². The Hall–Kier alpha value is -1.63. The first-order chi connectivity index (χ1) is 10.7. The van der Waals surface area contributed by atoms with Crippen LogP contribution in [0.4, 0.5) is 0 Å². The molecule has 1 fully saturated rings. The van der Waals surface area contributed by atoms with Crippen LogP contribution in [-0.4, -0.2) is 69.9 Å². The summed E-state index contributed by atoms with van der Waals surface area (Å²) in [5.74, 6) is 0.786. The summed E-state index contributed by atoms with van der Waals surface area (Å²) in [6.45, 7) is 4.58. The topological polar surface area (TPSA) is 62.8 Å². The zero-order valence-corrected chi connectivity index (χ0v) is 13.1. The van der Waals surface area contributed by atoms with Crippen LogP contribution in [0.1, 0.15) is 0 Å². The molecule has 1 saturated heterocycles. The molecule has 0 aromatic heterocycles. The van der Waals surface area contributed by atoms with Gasteiger partial charge in [0.2, 0.25) is 5.91 Å². The van der Waals surface area contributed by atoms with Crippen molar-refractivity contribution in [3.05, 3.63) is 30.3 Å². The third-order valence-corrected chi connectivity index (χ3v) is 3.44. The molecule has 6 nitrogen and oxygen atoms in total. The molecular weight excluding hydrogens is 282 g/mol. The highest BCUT2D eigenvalue weighted by atomic mass is 16.5. The first-order valence-corrected chi connectivity index (χ1v) is 7.69. The second-order valence-corrected chi connectivity index (χ2v) is 5.40. The molecule has 1 atom stereocenters. The van der Waals surface area contributed by atoms with Gasteiger partial charge in [-0.3, -0.25) is 4.79 Å². The van der Waals surface area contributed by atoms with E-state index in [-0.39, 0.29) is 12.0 Å². The molecule has 1 heterocycles. The monoisotopic (exact) mass is 307 g/mol. The van der Waals surface area contributed by atoms with Gasteiger partial charge in [0, 0.05) is 19.6 Å². The van der Waals surface area contributed by atoms with E-state index >= 15 is 0 Å². The smallest absolute Gasteiger partial charge is 0.234 e. The molecular formula is C16H25N3O3. The number of nitrogens with zero attached hydrogens (tertiary/aromatic N) is 1. The maximum absolute atomic E-state index is 11.7. The minimum atomic E-state index is -0.0270. The van der Waals surface area contributed by atoms with Crippen molar-refractivity contribution >= 4 is 5.91 Å². The summed E-state index contributed by atoms with van der Waals surface area (Å²) >= 11 is 0. The van der Waals surface area contributed by atoms with Crippen molar-refractivity contribution in [2.45, 2.75) is 6.10 Å². The predicted molar refractivity (Wildman–Crippen MR) is 85.1 cm³/mol. The lowest BCUT2D eigenvalue weighted by Gasteiger charge is -2.30. The van der Waals surface area contributed by atoms with Crippen LogP contribution < -0.4 is 15.4 Å². The number of carbonyl (C=O) groups excluding carboxylic acids is 1. The number of hydrogen-bond acceptors (Lipinski definition) is 5. The van der Waals surface area contributed by atoms with E-state index in [1.54, 1.807) is 0 Å². The fourth-order valence-corrected chi connectivity index (χ4v) is 2.28. The lowest BCUT2D eigenvalue weighted by molar-refractivity contribution is -0.120. The average Bonchev–Trinajstić information content (AvgIpc) is 2.53. The largest absolute Gasteiger partial charge is 0.492 e. The van der Waals surface area contributed by atoms with E-state index in [0.717, 1.165) is 25.4 Å². The lowest BCUT2D eigenvalue weighted by atomic mass is 10.3. The maximum atomic E-state index is 11.7. The molecule has 22 heavy (non-hydrogen) atoms. The Balaban J connectivity index is 1.49. The maximum Gasteiger partial charge on any atom is 0.234 e. The fraction of sp³-hybridized carbons (Fsp3) is 0.562. The van der Waals surface area contributed by atoms with Crippen LogP contribution in [0.25, 0.3) is 0 Å². The van der Waals surface area contributed by atoms with E-state index in [1.807, 2.05) is 30.3 Å². The molecule has 0 bridgehead atoms. The molecule has 0 unspecified atom stereocenters. The number of para-hydroxylation sites is 1. The number of rotatable bonds is 8. The highest BCUT2D eigenvalue weighted by Gasteiger charge is 2.17. The number of nitrogens with one attached hydrogen (secondary N) is 2. The van der Waals surface area contributed by atoms with E-state index in [0.29, 0.717) is 26.2 Å². The molecule has 6 heteroatoms. The third-order valence-electron chi connectivity index (χ3n) is 3.44. The SMILES string of the molecule is CN1CCO[C@@H](CNCC(=O)NCCOc2ccccc2)C1. The third kappa shape index (κ3) is 6.43. The molecule has 0 saturated carbocycles. The molecule has 2 N–H and O–H groups in total. The van der Waals surface area contributed by atoms with Crippen LogP contribution in [0.5, 0.6) is 5.75 Å². The van der Waals surface area contributed by atoms with Gasteiger partial charge < -0.3 is 25.0 Å². The summed E-state index contributed by atoms with van der Waals surface area (Å²) in [7, 11) is 2.08. The summed E-state index contributed by atoms with van der Waals surface area (Å²) < 4.78 is 11.1. The average molecular weight is 307 g/mol. The summed E-state index contributed by atoms with van der Waals surface area (Å²) in [4.78, 5) is 13.9. The number of ether oxygens (including phenoxy) is 2. The molecule has 2 rings (SSSR count). The van der Waals surface area contributed by atoms with Gasteiger partial charge in [-0.25, -0.2) is 0 Å². The van der Waals surface area contributed by atoms with Crippen LogP contribution in [0.3, 0.4) is 0 Å². The number of amides is 1. The normalized spacial score (nSPS) is 18.9. The van der Waals surface area contributed by atoms with Crippen molar-refractivity contribution in [3.63, 3.8) is 0 Å². The molecule has 1 aliphatic rings. The summed E-state index contributed by atoms with van der Waals surface area (Å²) in [6.07, 6.45) is 0.160. The van der Waals surface area contributed by atoms with Crippen LogP contribution in [0.2, 0.25) is 0 Å². The molecule has 122 valence electrons. The molecule has 0 radical (unpaired) electrons. The molecule has 0 aliphatic carbocycles. The fourth-order valence-electron chi connectivity index (χ4n) is 2.28. The predicted octanol–water partition coefficient (Wildman–Crippen LogP) is 0.102. The summed E-state index contributed by atoms with van der Waals surface area (Å²) in [5, 5.41) is 5.95. The lowest BCUT2D eigenvalue weighted by Crippen LogP contribution is -2.46. The molecule has 1 amide bonds. The van der Waals surface area contributed by atoms with Crippen molar-refractivity contribution in [1.29, 1.82) is 0 Å². The number of hydrogen-bond donors (Lipinski definition) is 2. The van der Waals surface area contributed by atoms with Gasteiger partial charge in [-0.2, -0.15) is 0 Å². The molecule has 1 aliphatic heterocycles. The minimum Gasteiger partial charge on any atom is -0.492 e. The van der Waals surface area contributed by atoms with Gasteiger partial charge >= 0.3 is 0 Å². The Labute approximate surface area is 131 Å². The van der Waals surface area contributed by atoms with E-state index in [9.17, 15) is 4.79 Å². The van der Waals surface area contributed by atoms with Gasteiger partial charge in [0.25, 0.3) is 0 Å². The Morgan fingerprint density at radius 2 is 2.23 bits per heavy atom. The molecule has 1 aromatic rings. The summed E-state index contributed by atoms with van der Waals surface area (Å²) in [5.41, 5.74) is 0. The number of benzene rings is 1. The Bertz CT molecular complexity index is 442. The van der Waals surface area contributed by atoms with E-state index in [1.165, 1.54) is 0 Å². The first-order valence-electron chi connectivity index (χ1n) is 7.69. The van der Waals surface area contributed by atoms with E-state index in [2.05, 4.69) is 22.6 Å². The minimum absolute atomic E-state index is 0.0270. The van der Waals surface area contributed by atoms with Crippen molar-refractivity contribution < 1.29 is 14.3 Å². The number of likely N-dealkylation sites (N-methyl/N-ethyl adjacent to an activating group) is 1. The zero-order chi connectivity index (χ0) is 15.6. The van der Waals surface area contributed by atoms with Crippen LogP contribution in [0, 0.1) is 0 Å². The van der Waals surface area contributed by atoms with Crippen LogP contribution in [-0.2, 0) is 9.53 Å². The van der Waals surface area contributed by atoms with Crippen molar-refractivity contribution in [1.82, 2.24) is 15.5 Å². The standard InChI is InChI=1S/C16H25N3O3/c1-19-8-10-22-15(13-19)11-17-12-16(20)18-7-9-21-14-5-3-2-4-6-14/h2-6,15,17H,7-13H2,1H3,(H,18,20)/t15-/m0/s1. The summed E-state index contributed by atoms with van der Waals surface area (Å²) in [6, 6.07) is 9.56. The van der Waals surface area contributed by atoms with Gasteiger partial charge in [-0.05, 0) is 19.2 Å².